The van der Waals surface area contributed by atoms with Gasteiger partial charge in [-0.25, -0.2) is 4.39 Å². The molecule has 0 bridgehead atoms. The van der Waals surface area contributed by atoms with Crippen LogP contribution in [0.3, 0.4) is 0 Å². The third-order valence-corrected chi connectivity index (χ3v) is 15.3. The van der Waals surface area contributed by atoms with Gasteiger partial charge in [0.2, 0.25) is 0 Å². The quantitative estimate of drug-likeness (QED) is 0.172. The number of methoxy groups -OCH3 is 3. The summed E-state index contributed by atoms with van der Waals surface area (Å²) in [5.41, 5.74) is 5.08. The molecular formula is C51H53FO12Sn. The summed E-state index contributed by atoms with van der Waals surface area (Å²) in [5.74, 6) is 4.50. The van der Waals surface area contributed by atoms with Gasteiger partial charge in [0.25, 0.3) is 0 Å². The first-order valence-corrected chi connectivity index (χ1v) is 23.6. The van der Waals surface area contributed by atoms with E-state index in [9.17, 15) is 15.0 Å². The second-order valence-electron chi connectivity index (χ2n) is 18.1. The second-order valence-corrected chi connectivity index (χ2v) is 20.4. The fraction of sp³-hybridized carbons (Fsp3) is 0.392. The molecule has 340 valence electrons. The topological polar surface area (TPSA) is 141 Å². The van der Waals surface area contributed by atoms with Gasteiger partial charge in [-0.1, -0.05) is 0 Å². The molecule has 2 radical (unpaired) electrons. The van der Waals surface area contributed by atoms with E-state index in [0.717, 1.165) is 68.5 Å². The molecule has 4 aromatic rings. The third kappa shape index (κ3) is 7.28. The van der Waals surface area contributed by atoms with E-state index in [1.165, 1.54) is 18.8 Å². The van der Waals surface area contributed by atoms with Crippen molar-refractivity contribution < 1.29 is 62.0 Å². The van der Waals surface area contributed by atoms with Crippen molar-refractivity contribution in [3.05, 3.63) is 105 Å². The van der Waals surface area contributed by atoms with E-state index in [1.54, 1.807) is 59.3 Å². The summed E-state index contributed by atoms with van der Waals surface area (Å²) in [6.45, 7) is 11.8. The number of ether oxygens (including phenoxy) is 9. The van der Waals surface area contributed by atoms with Gasteiger partial charge in [-0.05, 0) is 51.1 Å². The van der Waals surface area contributed by atoms with Crippen molar-refractivity contribution >= 4 is 51.0 Å². The van der Waals surface area contributed by atoms with Crippen molar-refractivity contribution in [2.75, 3.05) is 34.5 Å². The molecule has 4 aromatic carbocycles. The normalized spacial score (nSPS) is 22.5. The van der Waals surface area contributed by atoms with Crippen LogP contribution in [0.15, 0.2) is 60.7 Å². The fourth-order valence-electron chi connectivity index (χ4n) is 9.69. The van der Waals surface area contributed by atoms with Crippen LogP contribution in [-0.4, -0.2) is 96.5 Å². The number of allylic oxidation sites excluding steroid dienone is 1. The number of hydrogen-bond donors (Lipinski definition) is 2. The molecule has 6 heterocycles. The van der Waals surface area contributed by atoms with Crippen LogP contribution in [0.25, 0.3) is 22.7 Å². The number of carbonyl (C=O) groups is 1. The fourth-order valence-corrected chi connectivity index (χ4v) is 10.4. The number of Topliss-reactive ketones (excluding diaryl/α,β-unsaturated/α-hetero) is 1. The van der Waals surface area contributed by atoms with E-state index >= 15 is 4.39 Å². The summed E-state index contributed by atoms with van der Waals surface area (Å²) >= 11 is 1.12. The van der Waals surface area contributed by atoms with Crippen molar-refractivity contribution in [2.24, 2.45) is 0 Å². The smallest absolute Gasteiger partial charge is 0.180 e. The summed E-state index contributed by atoms with van der Waals surface area (Å²) in [7, 11) is 4.79. The number of benzene rings is 4. The molecule has 0 amide bonds. The number of rotatable bonds is 7. The number of halogens is 1. The van der Waals surface area contributed by atoms with Crippen molar-refractivity contribution in [1.29, 1.82) is 0 Å². The van der Waals surface area contributed by atoms with Crippen LogP contribution >= 0.6 is 0 Å². The van der Waals surface area contributed by atoms with Gasteiger partial charge >= 0.3 is 209 Å². The summed E-state index contributed by atoms with van der Waals surface area (Å²) in [5, 5.41) is 19.4. The standard InChI is InChI=1S/C27H29O6.C24H23FO6.Sn.H/c1-6-7-15-12-27(2,3)33-19-9-8-17-25(30-5)24-18-11-20(29-4)16(13-28)10-21(18)31-14-22(24)32-26(17)23(15)19;1-23(2)9-15(25)20-16(31-23)6-5-13-21(20)30-19-11-29-18-7-12(10-26)17(28-4)8-14(18)24(19,3)22(13)27;;/h7-12,22,28H,6,13-14H2,1-5H3;5-9,19,26H,10-11H2,1-4H3;;/t22-;19-,24+;;/m11../s1/i;25-1;;. The first kappa shape index (κ1) is 44.8. The monoisotopic (exact) mass is 995 g/mol. The van der Waals surface area contributed by atoms with Crippen LogP contribution in [-0.2, 0) is 23.4 Å². The van der Waals surface area contributed by atoms with Gasteiger partial charge < -0.3 is 29.2 Å². The number of aliphatic hydroxyl groups is 2. The van der Waals surface area contributed by atoms with Crippen LogP contribution in [0.5, 0.6) is 46.0 Å². The van der Waals surface area contributed by atoms with E-state index in [2.05, 4.69) is 26.8 Å². The van der Waals surface area contributed by atoms with Gasteiger partial charge in [0.1, 0.15) is 47.1 Å². The minimum absolute atomic E-state index is 0.104. The minimum Gasteiger partial charge on any atom is -0.496 e. The Hall–Kier alpha value is -5.38. The van der Waals surface area contributed by atoms with Gasteiger partial charge in [0, 0.05) is 11.1 Å². The SMILES string of the molecule is CC[CH]([SnH])C1=CC(C)(C)Oc2ccc3c(c21)O[C@@H]1COc2cc(CO)c(OC)cc2C1=C3OC.COc1cc2c(cc1CO)OC[C@H]1Oc3c(ccc4c3C([18F])=CC(C)(C)O4)C(=O)[C@@]21C. The molecule has 4 atom stereocenters. The zero-order valence-corrected chi connectivity index (χ0v) is 41.3. The zero-order valence-electron chi connectivity index (χ0n) is 38.0. The van der Waals surface area contributed by atoms with Gasteiger partial charge in [0.05, 0.1) is 30.3 Å². The molecule has 6 aliphatic rings. The van der Waals surface area contributed by atoms with Gasteiger partial charge in [-0.3, -0.25) is 4.79 Å². The first-order valence-electron chi connectivity index (χ1n) is 21.7. The maximum Gasteiger partial charge on any atom is 0.180 e. The Labute approximate surface area is 391 Å². The molecule has 10 rings (SSSR count). The van der Waals surface area contributed by atoms with Crippen molar-refractivity contribution in [1.82, 2.24) is 0 Å². The van der Waals surface area contributed by atoms with Crippen LogP contribution in [0, 0.1) is 0 Å². The number of fused-ring (bicyclic) bond motifs is 12. The van der Waals surface area contributed by atoms with E-state index in [1.807, 2.05) is 24.3 Å². The maximum absolute atomic E-state index is 15.0. The molecule has 14 heteroatoms. The predicted molar refractivity (Wildman–Crippen MR) is 244 cm³/mol. The molecule has 0 spiro atoms. The Morgan fingerprint density at radius 3 is 1.98 bits per heavy atom. The number of ketones is 1. The zero-order chi connectivity index (χ0) is 46.3. The van der Waals surface area contributed by atoms with E-state index in [0.29, 0.717) is 61.5 Å². The van der Waals surface area contributed by atoms with Crippen LogP contribution in [0.1, 0.15) is 97.3 Å². The molecule has 0 saturated carbocycles. The summed E-state index contributed by atoms with van der Waals surface area (Å²) in [6, 6.07) is 14.4. The second kappa shape index (κ2) is 16.5. The minimum atomic E-state index is -1.06. The van der Waals surface area contributed by atoms with Crippen molar-refractivity contribution in [3.8, 4) is 46.0 Å². The Morgan fingerprint density at radius 1 is 0.738 bits per heavy atom. The number of carbonyl (C=O) groups excluding carboxylic acids is 1. The Morgan fingerprint density at radius 2 is 1.34 bits per heavy atom. The van der Waals surface area contributed by atoms with Gasteiger partial charge in [0.15, 0.2) is 5.78 Å². The molecule has 12 nitrogen and oxygen atoms in total. The Bertz CT molecular complexity index is 2740. The van der Waals surface area contributed by atoms with E-state index < -0.39 is 22.9 Å². The molecule has 2 N–H and O–H groups in total. The average molecular weight is 995 g/mol. The summed E-state index contributed by atoms with van der Waals surface area (Å²) < 4.78 is 69.6. The average Bonchev–Trinajstić information content (AvgIpc) is 3.28. The summed E-state index contributed by atoms with van der Waals surface area (Å²) in [4.78, 5) is 13.8. The Kier molecular flexibility index (Phi) is 11.4. The molecule has 0 aromatic heterocycles. The third-order valence-electron chi connectivity index (χ3n) is 13.0. The maximum atomic E-state index is 15.0. The Balaban J connectivity index is 0.000000165. The molecule has 0 saturated heterocycles. The van der Waals surface area contributed by atoms with Gasteiger partial charge in [-0.15, -0.1) is 0 Å². The molecular weight excluding hydrogens is 941 g/mol. The first-order chi connectivity index (χ1) is 31.0. The van der Waals surface area contributed by atoms with Crippen LogP contribution in [0.2, 0.25) is 3.93 Å². The molecule has 1 unspecified atom stereocenters. The van der Waals surface area contributed by atoms with Gasteiger partial charge in [-0.2, -0.15) is 0 Å². The number of hydrogen-bond acceptors (Lipinski definition) is 12. The van der Waals surface area contributed by atoms with E-state index in [4.69, 9.17) is 42.6 Å². The molecule has 0 fully saturated rings. The van der Waals surface area contributed by atoms with Crippen molar-refractivity contribution in [2.45, 2.75) is 93.9 Å². The number of aliphatic hydroxyl groups excluding tert-OH is 2. The predicted octanol–water partition coefficient (Wildman–Crippen LogP) is 8.47. The molecule has 0 aliphatic carbocycles. The van der Waals surface area contributed by atoms with Crippen LogP contribution in [0.4, 0.5) is 4.39 Å². The largest absolute Gasteiger partial charge is 0.496 e. The molecule has 65 heavy (non-hydrogen) atoms. The van der Waals surface area contributed by atoms with Crippen LogP contribution < -0.4 is 37.9 Å². The van der Waals surface area contributed by atoms with Crippen molar-refractivity contribution in [3.63, 3.8) is 0 Å². The molecule has 6 aliphatic heterocycles. The van der Waals surface area contributed by atoms with E-state index in [-0.39, 0.29) is 48.6 Å². The summed E-state index contributed by atoms with van der Waals surface area (Å²) in [6.07, 6.45) is 3.69.